The predicted octanol–water partition coefficient (Wildman–Crippen LogP) is 4.54. The number of nitrogens with zero attached hydrogens (tertiary/aromatic N) is 1. The molecule has 0 unspecified atom stereocenters. The van der Waals surface area contributed by atoms with Crippen LogP contribution in [0.2, 0.25) is 0 Å². The summed E-state index contributed by atoms with van der Waals surface area (Å²) >= 11 is 3.52. The van der Waals surface area contributed by atoms with E-state index in [0.29, 0.717) is 5.92 Å². The van der Waals surface area contributed by atoms with Gasteiger partial charge in [0, 0.05) is 42.3 Å². The van der Waals surface area contributed by atoms with Crippen LogP contribution >= 0.6 is 28.3 Å². The maximum absolute atomic E-state index is 14.5. The van der Waals surface area contributed by atoms with Gasteiger partial charge in [0.2, 0.25) is 0 Å². The molecule has 1 aromatic carbocycles. The molecule has 5 heteroatoms. The molecular formula is C17H25BrClFN2. The van der Waals surface area contributed by atoms with Gasteiger partial charge >= 0.3 is 0 Å². The molecule has 1 saturated carbocycles. The summed E-state index contributed by atoms with van der Waals surface area (Å²) in [5.74, 6) is 0.549. The summed E-state index contributed by atoms with van der Waals surface area (Å²) in [6, 6.07) is 5.65. The first-order chi connectivity index (χ1) is 10.3. The summed E-state index contributed by atoms with van der Waals surface area (Å²) in [6.07, 6.45) is 6.40. The third-order valence-electron chi connectivity index (χ3n) is 4.92. The summed E-state index contributed by atoms with van der Waals surface area (Å²) < 4.78 is 15.4. The summed E-state index contributed by atoms with van der Waals surface area (Å²) in [6.45, 7) is 4.07. The zero-order valence-electron chi connectivity index (χ0n) is 12.9. The molecule has 3 rings (SSSR count). The predicted molar refractivity (Wildman–Crippen MR) is 95.1 cm³/mol. The summed E-state index contributed by atoms with van der Waals surface area (Å²) in [5, 5.41) is 3.41. The van der Waals surface area contributed by atoms with Crippen LogP contribution in [0, 0.1) is 11.7 Å². The highest BCUT2D eigenvalue weighted by Crippen LogP contribution is 2.40. The van der Waals surface area contributed by atoms with Gasteiger partial charge in [0.15, 0.2) is 0 Å². The Balaban J connectivity index is 0.00000176. The van der Waals surface area contributed by atoms with Crippen molar-refractivity contribution in [2.75, 3.05) is 26.2 Å². The van der Waals surface area contributed by atoms with Crippen LogP contribution in [0.3, 0.4) is 0 Å². The van der Waals surface area contributed by atoms with E-state index in [1.54, 1.807) is 12.1 Å². The molecule has 0 radical (unpaired) electrons. The van der Waals surface area contributed by atoms with Gasteiger partial charge in [0.25, 0.3) is 0 Å². The molecule has 0 amide bonds. The van der Waals surface area contributed by atoms with Crippen molar-refractivity contribution >= 4 is 28.3 Å². The van der Waals surface area contributed by atoms with E-state index in [0.717, 1.165) is 36.2 Å². The molecule has 0 spiro atoms. The maximum atomic E-state index is 14.5. The van der Waals surface area contributed by atoms with Crippen LogP contribution in [-0.2, 0) is 0 Å². The van der Waals surface area contributed by atoms with Crippen LogP contribution in [0.4, 0.5) is 4.39 Å². The van der Waals surface area contributed by atoms with Crippen molar-refractivity contribution in [1.82, 2.24) is 10.2 Å². The summed E-state index contributed by atoms with van der Waals surface area (Å²) in [5.41, 5.74) is 0.887. The van der Waals surface area contributed by atoms with Crippen molar-refractivity contribution in [3.63, 3.8) is 0 Å². The highest BCUT2D eigenvalue weighted by molar-refractivity contribution is 9.10. The molecule has 2 nitrogen and oxygen atoms in total. The number of benzene rings is 1. The summed E-state index contributed by atoms with van der Waals surface area (Å²) in [7, 11) is 0. The van der Waals surface area contributed by atoms with Gasteiger partial charge in [-0.15, -0.1) is 12.4 Å². The van der Waals surface area contributed by atoms with Crippen molar-refractivity contribution in [1.29, 1.82) is 0 Å². The van der Waals surface area contributed by atoms with Crippen LogP contribution in [0.15, 0.2) is 22.7 Å². The molecule has 1 atom stereocenters. The Morgan fingerprint density at radius 2 is 1.82 bits per heavy atom. The van der Waals surface area contributed by atoms with Crippen LogP contribution < -0.4 is 5.32 Å². The second-order valence-electron chi connectivity index (χ2n) is 6.29. The van der Waals surface area contributed by atoms with E-state index in [1.807, 2.05) is 6.07 Å². The van der Waals surface area contributed by atoms with E-state index in [2.05, 4.69) is 26.1 Å². The van der Waals surface area contributed by atoms with Gasteiger partial charge in [0.05, 0.1) is 0 Å². The second kappa shape index (κ2) is 8.62. The quantitative estimate of drug-likeness (QED) is 0.814. The van der Waals surface area contributed by atoms with Crippen molar-refractivity contribution in [2.45, 2.75) is 38.1 Å². The fourth-order valence-electron chi connectivity index (χ4n) is 3.90. The number of hydrogen-bond donors (Lipinski definition) is 1. The normalized spacial score (nSPS) is 22.1. The van der Waals surface area contributed by atoms with Crippen LogP contribution in [-0.4, -0.2) is 31.1 Å². The standard InChI is InChI=1S/C17H24BrFN2.ClH/c18-14-6-7-16(19)15(12-14)17(13-4-2-1-3-5-13)21-10-8-20-9-11-21;/h6-7,12-13,17,20H,1-5,8-11H2;1H/t17-;/m0./s1. The zero-order chi connectivity index (χ0) is 14.7. The lowest BCUT2D eigenvalue weighted by molar-refractivity contribution is 0.101. The number of halogens is 3. The molecule has 1 saturated heterocycles. The molecule has 2 fully saturated rings. The van der Waals surface area contributed by atoms with Crippen LogP contribution in [0.5, 0.6) is 0 Å². The Kier molecular flexibility index (Phi) is 7.13. The molecule has 0 bridgehead atoms. The first-order valence-electron chi connectivity index (χ1n) is 8.15. The van der Waals surface area contributed by atoms with Gasteiger partial charge in [-0.1, -0.05) is 35.2 Å². The highest BCUT2D eigenvalue weighted by Gasteiger charge is 2.32. The van der Waals surface area contributed by atoms with E-state index < -0.39 is 0 Å². The van der Waals surface area contributed by atoms with E-state index in [9.17, 15) is 4.39 Å². The van der Waals surface area contributed by atoms with E-state index in [4.69, 9.17) is 0 Å². The third kappa shape index (κ3) is 4.22. The van der Waals surface area contributed by atoms with E-state index >= 15 is 0 Å². The van der Waals surface area contributed by atoms with Gasteiger partial charge in [0.1, 0.15) is 5.82 Å². The third-order valence-corrected chi connectivity index (χ3v) is 5.41. The Morgan fingerprint density at radius 3 is 2.50 bits per heavy atom. The highest BCUT2D eigenvalue weighted by atomic mass is 79.9. The van der Waals surface area contributed by atoms with Gasteiger partial charge in [-0.2, -0.15) is 0 Å². The minimum Gasteiger partial charge on any atom is -0.314 e. The van der Waals surface area contributed by atoms with E-state index in [1.165, 1.54) is 32.1 Å². The Bertz CT molecular complexity index is 456. The van der Waals surface area contributed by atoms with Crippen molar-refractivity contribution in [3.05, 3.63) is 34.1 Å². The van der Waals surface area contributed by atoms with Gasteiger partial charge in [-0.3, -0.25) is 4.90 Å². The average Bonchev–Trinajstić information content (AvgIpc) is 2.53. The second-order valence-corrected chi connectivity index (χ2v) is 7.21. The smallest absolute Gasteiger partial charge is 0.128 e. The molecular weight excluding hydrogens is 367 g/mol. The molecule has 1 N–H and O–H groups in total. The van der Waals surface area contributed by atoms with E-state index in [-0.39, 0.29) is 24.3 Å². The average molecular weight is 392 g/mol. The van der Waals surface area contributed by atoms with Gasteiger partial charge < -0.3 is 5.32 Å². The lowest BCUT2D eigenvalue weighted by atomic mass is 9.80. The Hall–Kier alpha value is -0.160. The van der Waals surface area contributed by atoms with Crippen molar-refractivity contribution in [2.24, 2.45) is 5.92 Å². The number of piperazine rings is 1. The maximum Gasteiger partial charge on any atom is 0.128 e. The molecule has 124 valence electrons. The molecule has 0 aromatic heterocycles. The Morgan fingerprint density at radius 1 is 1.14 bits per heavy atom. The minimum atomic E-state index is -0.0488. The largest absolute Gasteiger partial charge is 0.314 e. The fourth-order valence-corrected chi connectivity index (χ4v) is 4.28. The number of nitrogens with one attached hydrogen (secondary N) is 1. The first kappa shape index (κ1) is 18.2. The topological polar surface area (TPSA) is 15.3 Å². The van der Waals surface area contributed by atoms with Crippen molar-refractivity contribution < 1.29 is 4.39 Å². The fraction of sp³-hybridized carbons (Fsp3) is 0.647. The molecule has 2 aliphatic rings. The minimum absolute atomic E-state index is 0. The molecule has 1 aliphatic carbocycles. The zero-order valence-corrected chi connectivity index (χ0v) is 15.3. The molecule has 1 heterocycles. The van der Waals surface area contributed by atoms with Crippen LogP contribution in [0.25, 0.3) is 0 Å². The number of hydrogen-bond acceptors (Lipinski definition) is 2. The lowest BCUT2D eigenvalue weighted by Crippen LogP contribution is -2.47. The molecule has 1 aromatic rings. The Labute approximate surface area is 147 Å². The van der Waals surface area contributed by atoms with Crippen LogP contribution in [0.1, 0.15) is 43.7 Å². The monoisotopic (exact) mass is 390 g/mol. The molecule has 22 heavy (non-hydrogen) atoms. The molecule has 1 aliphatic heterocycles. The van der Waals surface area contributed by atoms with Gasteiger partial charge in [-0.05, 0) is 37.0 Å². The van der Waals surface area contributed by atoms with Crippen molar-refractivity contribution in [3.8, 4) is 0 Å². The summed E-state index contributed by atoms with van der Waals surface area (Å²) in [4.78, 5) is 2.50. The SMILES string of the molecule is Cl.Fc1ccc(Br)cc1[C@H](C1CCCCC1)N1CCNCC1. The lowest BCUT2D eigenvalue weighted by Gasteiger charge is -2.41. The van der Waals surface area contributed by atoms with Gasteiger partial charge in [-0.25, -0.2) is 4.39 Å². The number of rotatable bonds is 3. The first-order valence-corrected chi connectivity index (χ1v) is 8.95.